The number of fused-ring (bicyclic) bond motifs is 1. The lowest BCUT2D eigenvalue weighted by atomic mass is 10.00. The molecule has 1 aromatic heterocycles. The first kappa shape index (κ1) is 19.5. The number of benzene rings is 2. The van der Waals surface area contributed by atoms with Crippen molar-refractivity contribution in [1.29, 1.82) is 0 Å². The third kappa shape index (κ3) is 3.95. The summed E-state index contributed by atoms with van der Waals surface area (Å²) in [7, 11) is 0. The maximum absolute atomic E-state index is 13.0. The summed E-state index contributed by atoms with van der Waals surface area (Å²) in [6.07, 6.45) is 4.46. The lowest BCUT2D eigenvalue weighted by molar-refractivity contribution is 0.0714. The van der Waals surface area contributed by atoms with Crippen LogP contribution in [-0.2, 0) is 19.5 Å². The van der Waals surface area contributed by atoms with Crippen molar-refractivity contribution in [2.24, 2.45) is 0 Å². The van der Waals surface area contributed by atoms with Gasteiger partial charge in [0.15, 0.2) is 5.69 Å². The largest absolute Gasteiger partial charge is 0.334 e. The summed E-state index contributed by atoms with van der Waals surface area (Å²) in [5, 5.41) is 8.32. The molecule has 2 aliphatic rings. The molecule has 7 heteroatoms. The van der Waals surface area contributed by atoms with Crippen LogP contribution in [0.5, 0.6) is 0 Å². The van der Waals surface area contributed by atoms with Crippen LogP contribution in [0.15, 0.2) is 60.8 Å². The molecule has 2 aromatic carbocycles. The van der Waals surface area contributed by atoms with Crippen molar-refractivity contribution in [3.8, 4) is 0 Å². The summed E-state index contributed by atoms with van der Waals surface area (Å²) in [5.41, 5.74) is 3.56. The van der Waals surface area contributed by atoms with Gasteiger partial charge in [-0.25, -0.2) is 4.68 Å². The molecule has 2 aliphatic heterocycles. The predicted molar refractivity (Wildman–Crippen MR) is 115 cm³/mol. The fourth-order valence-electron chi connectivity index (χ4n) is 4.57. The Bertz CT molecular complexity index is 1090. The van der Waals surface area contributed by atoms with Crippen molar-refractivity contribution < 1.29 is 9.59 Å². The first-order chi connectivity index (χ1) is 15.2. The molecule has 5 rings (SSSR count). The van der Waals surface area contributed by atoms with Crippen LogP contribution in [0.25, 0.3) is 0 Å². The van der Waals surface area contributed by atoms with E-state index in [1.165, 1.54) is 11.1 Å². The standard InChI is InChI=1S/C24H25N5O2/c30-23(19-8-2-1-3-9-19)29-13-6-11-21(29)16-28-17-22(25-26-28)24(31)27-14-12-18-7-4-5-10-20(18)15-27/h1-5,7-10,17,21H,6,11-16H2. The average Bonchev–Trinajstić information content (AvgIpc) is 3.48. The van der Waals surface area contributed by atoms with Gasteiger partial charge in [-0.3, -0.25) is 9.59 Å². The van der Waals surface area contributed by atoms with Gasteiger partial charge in [-0.15, -0.1) is 5.10 Å². The zero-order valence-corrected chi connectivity index (χ0v) is 17.4. The van der Waals surface area contributed by atoms with Crippen LogP contribution in [0.3, 0.4) is 0 Å². The van der Waals surface area contributed by atoms with E-state index in [0.717, 1.165) is 25.8 Å². The number of amides is 2. The van der Waals surface area contributed by atoms with Crippen molar-refractivity contribution in [2.75, 3.05) is 13.1 Å². The second-order valence-corrected chi connectivity index (χ2v) is 8.23. The lowest BCUT2D eigenvalue weighted by Crippen LogP contribution is -2.38. The Morgan fingerprint density at radius 1 is 0.935 bits per heavy atom. The molecule has 1 saturated heterocycles. The molecule has 1 atom stereocenters. The number of nitrogens with zero attached hydrogens (tertiary/aromatic N) is 5. The number of hydrogen-bond acceptors (Lipinski definition) is 4. The average molecular weight is 415 g/mol. The monoisotopic (exact) mass is 415 g/mol. The minimum Gasteiger partial charge on any atom is -0.334 e. The predicted octanol–water partition coefficient (Wildman–Crippen LogP) is 2.78. The first-order valence-corrected chi connectivity index (χ1v) is 10.8. The van der Waals surface area contributed by atoms with Crippen LogP contribution < -0.4 is 0 Å². The number of likely N-dealkylation sites (tertiary alicyclic amines) is 1. The van der Waals surface area contributed by atoms with Gasteiger partial charge in [-0.2, -0.15) is 0 Å². The van der Waals surface area contributed by atoms with Gasteiger partial charge in [0.25, 0.3) is 11.8 Å². The fourth-order valence-corrected chi connectivity index (χ4v) is 4.57. The molecule has 2 amide bonds. The third-order valence-electron chi connectivity index (χ3n) is 6.23. The van der Waals surface area contributed by atoms with E-state index < -0.39 is 0 Å². The van der Waals surface area contributed by atoms with Crippen LogP contribution in [0.4, 0.5) is 0 Å². The normalized spacial score (nSPS) is 18.1. The number of rotatable bonds is 4. The number of carbonyl (C=O) groups excluding carboxylic acids is 2. The van der Waals surface area contributed by atoms with E-state index in [9.17, 15) is 9.59 Å². The van der Waals surface area contributed by atoms with Crippen molar-refractivity contribution in [1.82, 2.24) is 24.8 Å². The van der Waals surface area contributed by atoms with Crippen LogP contribution in [0.2, 0.25) is 0 Å². The minimum absolute atomic E-state index is 0.0477. The SMILES string of the molecule is O=C(c1cn(CC2CCCN2C(=O)c2ccccc2)nn1)N1CCc2ccccc2C1. The molecule has 3 aromatic rings. The molecule has 158 valence electrons. The van der Waals surface area contributed by atoms with Gasteiger partial charge in [0.2, 0.25) is 0 Å². The quantitative estimate of drug-likeness (QED) is 0.657. The smallest absolute Gasteiger partial charge is 0.276 e. The molecule has 0 spiro atoms. The third-order valence-corrected chi connectivity index (χ3v) is 6.23. The Kier molecular flexibility index (Phi) is 5.24. The minimum atomic E-state index is -0.0932. The van der Waals surface area contributed by atoms with Crippen LogP contribution in [-0.4, -0.2) is 55.7 Å². The summed E-state index contributed by atoms with van der Waals surface area (Å²) in [5.74, 6) is -0.0455. The number of aromatic nitrogens is 3. The molecule has 1 fully saturated rings. The Morgan fingerprint density at radius 2 is 1.71 bits per heavy atom. The molecular weight excluding hydrogens is 390 g/mol. The summed E-state index contributed by atoms with van der Waals surface area (Å²) in [6, 6.07) is 17.7. The molecule has 0 radical (unpaired) electrons. The van der Waals surface area contributed by atoms with Gasteiger partial charge in [0.1, 0.15) is 0 Å². The Morgan fingerprint density at radius 3 is 2.55 bits per heavy atom. The van der Waals surface area contributed by atoms with E-state index in [0.29, 0.717) is 30.9 Å². The molecule has 0 aliphatic carbocycles. The zero-order valence-electron chi connectivity index (χ0n) is 17.4. The summed E-state index contributed by atoms with van der Waals surface area (Å²) in [6.45, 7) is 2.57. The first-order valence-electron chi connectivity index (χ1n) is 10.8. The van der Waals surface area contributed by atoms with Crippen molar-refractivity contribution in [2.45, 2.75) is 38.4 Å². The Hall–Kier alpha value is -3.48. The van der Waals surface area contributed by atoms with E-state index >= 15 is 0 Å². The van der Waals surface area contributed by atoms with Crippen LogP contribution >= 0.6 is 0 Å². The maximum atomic E-state index is 13.0. The summed E-state index contributed by atoms with van der Waals surface area (Å²) < 4.78 is 1.70. The molecule has 0 N–H and O–H groups in total. The number of hydrogen-bond donors (Lipinski definition) is 0. The summed E-state index contributed by atoms with van der Waals surface area (Å²) >= 11 is 0. The van der Waals surface area contributed by atoms with Gasteiger partial charge in [0, 0.05) is 25.2 Å². The van der Waals surface area contributed by atoms with Gasteiger partial charge in [-0.1, -0.05) is 47.7 Å². The van der Waals surface area contributed by atoms with Gasteiger partial charge >= 0.3 is 0 Å². The topological polar surface area (TPSA) is 71.3 Å². The zero-order chi connectivity index (χ0) is 21.2. The highest BCUT2D eigenvalue weighted by atomic mass is 16.2. The van der Waals surface area contributed by atoms with Crippen molar-refractivity contribution in [3.63, 3.8) is 0 Å². The maximum Gasteiger partial charge on any atom is 0.276 e. The molecule has 3 heterocycles. The highest BCUT2D eigenvalue weighted by Gasteiger charge is 2.30. The second-order valence-electron chi connectivity index (χ2n) is 8.23. The van der Waals surface area contributed by atoms with E-state index in [2.05, 4.69) is 22.4 Å². The molecule has 7 nitrogen and oxygen atoms in total. The highest BCUT2D eigenvalue weighted by molar-refractivity contribution is 5.94. The second kappa shape index (κ2) is 8.34. The Labute approximate surface area is 181 Å². The molecule has 0 bridgehead atoms. The Balaban J connectivity index is 1.25. The molecule has 31 heavy (non-hydrogen) atoms. The van der Waals surface area contributed by atoms with Crippen LogP contribution in [0, 0.1) is 0 Å². The lowest BCUT2D eigenvalue weighted by Gasteiger charge is -2.28. The van der Waals surface area contributed by atoms with Crippen LogP contribution in [0.1, 0.15) is 44.8 Å². The molecule has 0 saturated carbocycles. The van der Waals surface area contributed by atoms with E-state index in [4.69, 9.17) is 0 Å². The fraction of sp³-hybridized carbons (Fsp3) is 0.333. The van der Waals surface area contributed by atoms with Gasteiger partial charge in [0.05, 0.1) is 18.8 Å². The molecule has 1 unspecified atom stereocenters. The highest BCUT2D eigenvalue weighted by Crippen LogP contribution is 2.22. The van der Waals surface area contributed by atoms with E-state index in [1.54, 1.807) is 10.9 Å². The van der Waals surface area contributed by atoms with E-state index in [1.807, 2.05) is 52.3 Å². The molecular formula is C24H25N5O2. The summed E-state index contributed by atoms with van der Waals surface area (Å²) in [4.78, 5) is 29.6. The van der Waals surface area contributed by atoms with Gasteiger partial charge in [-0.05, 0) is 42.5 Å². The van der Waals surface area contributed by atoms with E-state index in [-0.39, 0.29) is 17.9 Å². The van der Waals surface area contributed by atoms with Gasteiger partial charge < -0.3 is 9.80 Å². The van der Waals surface area contributed by atoms with Crippen molar-refractivity contribution >= 4 is 11.8 Å². The van der Waals surface area contributed by atoms with Crippen molar-refractivity contribution in [3.05, 3.63) is 83.2 Å². The number of carbonyl (C=O) groups is 2.